The first-order valence-corrected chi connectivity index (χ1v) is 8.53. The number of benzene rings is 2. The normalized spacial score (nSPS) is 11.8. The van der Waals surface area contributed by atoms with E-state index in [9.17, 15) is 9.59 Å². The van der Waals surface area contributed by atoms with Gasteiger partial charge in [-0.3, -0.25) is 4.79 Å². The molecule has 0 aliphatic rings. The number of aromatic nitrogens is 1. The quantitative estimate of drug-likeness (QED) is 0.518. The van der Waals surface area contributed by atoms with Crippen molar-refractivity contribution in [2.75, 3.05) is 5.32 Å². The third-order valence-corrected chi connectivity index (χ3v) is 4.22. The maximum atomic E-state index is 12.4. The van der Waals surface area contributed by atoms with Gasteiger partial charge >= 0.3 is 5.97 Å². The van der Waals surface area contributed by atoms with Crippen molar-refractivity contribution in [1.82, 2.24) is 4.98 Å². The molecule has 7 heteroatoms. The zero-order valence-corrected chi connectivity index (χ0v) is 15.2. The molecule has 0 fully saturated rings. The van der Waals surface area contributed by atoms with Crippen LogP contribution >= 0.6 is 23.2 Å². The molecule has 132 valence electrons. The molecule has 2 aromatic carbocycles. The highest BCUT2D eigenvalue weighted by Crippen LogP contribution is 2.23. The number of pyridine rings is 1. The monoisotopic (exact) mass is 388 g/mol. The number of rotatable bonds is 4. The van der Waals surface area contributed by atoms with Crippen molar-refractivity contribution in [1.29, 1.82) is 0 Å². The molecule has 1 atom stereocenters. The van der Waals surface area contributed by atoms with Crippen molar-refractivity contribution in [2.24, 2.45) is 0 Å². The molecule has 0 saturated carbocycles. The first-order valence-electron chi connectivity index (χ1n) is 7.77. The standard InChI is InChI=1S/C19H14Cl2N2O3/c1-11(26-19(25)17-14(20)9-10-16(21)23-17)18(24)22-15-8-4-6-12-5-2-3-7-13(12)15/h2-11H,1H3,(H,22,24). The van der Waals surface area contributed by atoms with E-state index < -0.39 is 18.0 Å². The topological polar surface area (TPSA) is 68.3 Å². The van der Waals surface area contributed by atoms with Gasteiger partial charge < -0.3 is 10.1 Å². The lowest BCUT2D eigenvalue weighted by molar-refractivity contribution is -0.123. The van der Waals surface area contributed by atoms with Crippen LogP contribution in [0.4, 0.5) is 5.69 Å². The summed E-state index contributed by atoms with van der Waals surface area (Å²) in [4.78, 5) is 28.4. The van der Waals surface area contributed by atoms with Gasteiger partial charge in [0.25, 0.3) is 5.91 Å². The maximum absolute atomic E-state index is 12.4. The van der Waals surface area contributed by atoms with Crippen LogP contribution in [0.3, 0.4) is 0 Å². The second-order valence-corrected chi connectivity index (χ2v) is 6.32. The predicted molar refractivity (Wildman–Crippen MR) is 102 cm³/mol. The van der Waals surface area contributed by atoms with Gasteiger partial charge in [-0.2, -0.15) is 0 Å². The minimum absolute atomic E-state index is 0.0982. The van der Waals surface area contributed by atoms with Gasteiger partial charge in [0.15, 0.2) is 11.8 Å². The second-order valence-electron chi connectivity index (χ2n) is 5.53. The molecule has 26 heavy (non-hydrogen) atoms. The van der Waals surface area contributed by atoms with Crippen LogP contribution in [-0.2, 0) is 9.53 Å². The Balaban J connectivity index is 1.73. The molecule has 1 heterocycles. The largest absolute Gasteiger partial charge is 0.448 e. The molecule has 0 bridgehead atoms. The number of anilines is 1. The minimum atomic E-state index is -1.04. The van der Waals surface area contributed by atoms with Gasteiger partial charge in [-0.05, 0) is 30.5 Å². The van der Waals surface area contributed by atoms with Crippen molar-refractivity contribution in [3.05, 3.63) is 70.5 Å². The molecule has 3 rings (SSSR count). The van der Waals surface area contributed by atoms with Crippen molar-refractivity contribution in [2.45, 2.75) is 13.0 Å². The smallest absolute Gasteiger partial charge is 0.359 e. The molecule has 0 radical (unpaired) electrons. The van der Waals surface area contributed by atoms with E-state index in [-0.39, 0.29) is 15.9 Å². The fourth-order valence-electron chi connectivity index (χ4n) is 2.40. The highest BCUT2D eigenvalue weighted by Gasteiger charge is 2.22. The summed E-state index contributed by atoms with van der Waals surface area (Å²) < 4.78 is 5.16. The highest BCUT2D eigenvalue weighted by atomic mass is 35.5. The van der Waals surface area contributed by atoms with E-state index in [1.807, 2.05) is 36.4 Å². The van der Waals surface area contributed by atoms with Gasteiger partial charge in [0.1, 0.15) is 5.15 Å². The average molecular weight is 389 g/mol. The summed E-state index contributed by atoms with van der Waals surface area (Å²) in [6.45, 7) is 1.47. The average Bonchev–Trinajstić information content (AvgIpc) is 2.63. The van der Waals surface area contributed by atoms with Gasteiger partial charge in [0.05, 0.1) is 5.02 Å². The number of fused-ring (bicyclic) bond motifs is 1. The summed E-state index contributed by atoms with van der Waals surface area (Å²) >= 11 is 11.7. The minimum Gasteiger partial charge on any atom is -0.448 e. The number of nitrogens with zero attached hydrogens (tertiary/aromatic N) is 1. The molecular weight excluding hydrogens is 375 g/mol. The van der Waals surface area contributed by atoms with Gasteiger partial charge in [-0.1, -0.05) is 59.6 Å². The van der Waals surface area contributed by atoms with E-state index in [0.29, 0.717) is 5.69 Å². The van der Waals surface area contributed by atoms with Crippen LogP contribution in [0, 0.1) is 0 Å². The molecule has 0 aliphatic carbocycles. The summed E-state index contributed by atoms with van der Waals surface area (Å²) in [7, 11) is 0. The summed E-state index contributed by atoms with van der Waals surface area (Å²) in [5.74, 6) is -1.29. The van der Waals surface area contributed by atoms with Crippen molar-refractivity contribution in [3.8, 4) is 0 Å². The van der Waals surface area contributed by atoms with Crippen LogP contribution < -0.4 is 5.32 Å². The Morgan fingerprint density at radius 2 is 1.77 bits per heavy atom. The molecule has 1 aromatic heterocycles. The summed E-state index contributed by atoms with van der Waals surface area (Å²) in [6, 6.07) is 16.1. The van der Waals surface area contributed by atoms with Crippen LogP contribution in [0.5, 0.6) is 0 Å². The van der Waals surface area contributed by atoms with E-state index in [1.165, 1.54) is 19.1 Å². The number of hydrogen-bond donors (Lipinski definition) is 1. The number of hydrogen-bond acceptors (Lipinski definition) is 4. The second kappa shape index (κ2) is 7.72. The molecule has 1 amide bonds. The van der Waals surface area contributed by atoms with Crippen LogP contribution in [0.15, 0.2) is 54.6 Å². The van der Waals surface area contributed by atoms with Crippen molar-refractivity contribution >= 4 is 51.5 Å². The maximum Gasteiger partial charge on any atom is 0.359 e. The first-order chi connectivity index (χ1) is 12.5. The third kappa shape index (κ3) is 3.95. The van der Waals surface area contributed by atoms with Gasteiger partial charge in [0.2, 0.25) is 0 Å². The third-order valence-electron chi connectivity index (χ3n) is 3.71. The predicted octanol–water partition coefficient (Wildman–Crippen LogP) is 4.73. The van der Waals surface area contributed by atoms with E-state index in [0.717, 1.165) is 10.8 Å². The number of carbonyl (C=O) groups excluding carboxylic acids is 2. The zero-order valence-electron chi connectivity index (χ0n) is 13.7. The lowest BCUT2D eigenvalue weighted by Gasteiger charge is -2.15. The molecular formula is C19H14Cl2N2O3. The lowest BCUT2D eigenvalue weighted by atomic mass is 10.1. The molecule has 1 N–H and O–H groups in total. The Morgan fingerprint density at radius 3 is 2.58 bits per heavy atom. The summed E-state index contributed by atoms with van der Waals surface area (Å²) in [5, 5.41) is 4.86. The molecule has 1 unspecified atom stereocenters. The Bertz CT molecular complexity index is 986. The number of amides is 1. The fraction of sp³-hybridized carbons (Fsp3) is 0.105. The molecule has 0 spiro atoms. The van der Waals surface area contributed by atoms with Gasteiger partial charge in [-0.15, -0.1) is 0 Å². The number of carbonyl (C=O) groups is 2. The first kappa shape index (κ1) is 18.2. The number of halogens is 2. The fourth-order valence-corrected chi connectivity index (χ4v) is 2.73. The van der Waals surface area contributed by atoms with E-state index in [1.54, 1.807) is 6.07 Å². The zero-order chi connectivity index (χ0) is 18.7. The molecule has 5 nitrogen and oxygen atoms in total. The van der Waals surface area contributed by atoms with Crippen LogP contribution in [0.25, 0.3) is 10.8 Å². The van der Waals surface area contributed by atoms with Crippen LogP contribution in [0.2, 0.25) is 10.2 Å². The van der Waals surface area contributed by atoms with Crippen molar-refractivity contribution < 1.29 is 14.3 Å². The number of nitrogens with one attached hydrogen (secondary N) is 1. The SMILES string of the molecule is CC(OC(=O)c1nc(Cl)ccc1Cl)C(=O)Nc1cccc2ccccc12. The highest BCUT2D eigenvalue weighted by molar-refractivity contribution is 6.34. The van der Waals surface area contributed by atoms with E-state index >= 15 is 0 Å². The summed E-state index contributed by atoms with van der Waals surface area (Å²) in [5.41, 5.74) is 0.499. The Labute approximate surface area is 159 Å². The van der Waals surface area contributed by atoms with Crippen molar-refractivity contribution in [3.63, 3.8) is 0 Å². The van der Waals surface area contributed by atoms with E-state index in [2.05, 4.69) is 10.3 Å². The lowest BCUT2D eigenvalue weighted by Crippen LogP contribution is -2.30. The number of ether oxygens (including phenoxy) is 1. The Morgan fingerprint density at radius 1 is 1.04 bits per heavy atom. The Hall–Kier alpha value is -2.63. The molecule has 3 aromatic rings. The van der Waals surface area contributed by atoms with Crippen LogP contribution in [0.1, 0.15) is 17.4 Å². The Kier molecular flexibility index (Phi) is 5.40. The number of esters is 1. The van der Waals surface area contributed by atoms with Gasteiger partial charge in [-0.25, -0.2) is 9.78 Å². The molecule has 0 saturated heterocycles. The van der Waals surface area contributed by atoms with Gasteiger partial charge in [0, 0.05) is 11.1 Å². The summed E-state index contributed by atoms with van der Waals surface area (Å²) in [6.07, 6.45) is -1.04. The van der Waals surface area contributed by atoms with Crippen LogP contribution in [-0.4, -0.2) is 23.0 Å². The molecule has 0 aliphatic heterocycles. The van der Waals surface area contributed by atoms with E-state index in [4.69, 9.17) is 27.9 Å².